The summed E-state index contributed by atoms with van der Waals surface area (Å²) in [5, 5.41) is 17.7. The molecule has 0 spiro atoms. The van der Waals surface area contributed by atoms with E-state index in [1.165, 1.54) is 0 Å². The minimum absolute atomic E-state index is 0.0389. The molecule has 1 aliphatic heterocycles. The molecule has 3 aromatic heterocycles. The van der Waals surface area contributed by atoms with E-state index in [0.717, 1.165) is 41.0 Å². The van der Waals surface area contributed by atoms with Crippen LogP contribution in [0.3, 0.4) is 0 Å². The molecule has 0 aliphatic carbocycles. The van der Waals surface area contributed by atoms with E-state index in [2.05, 4.69) is 53.3 Å². The molecule has 186 valence electrons. The molecule has 1 aromatic carbocycles. The molecule has 0 unspecified atom stereocenters. The van der Waals surface area contributed by atoms with Crippen LogP contribution in [0.25, 0.3) is 11.3 Å². The maximum absolute atomic E-state index is 12.9. The quantitative estimate of drug-likeness (QED) is 0.388. The molecule has 0 saturated heterocycles. The molecule has 1 amide bonds. The largest absolute Gasteiger partial charge is 0.341 e. The molecule has 0 saturated carbocycles. The Morgan fingerprint density at radius 3 is 2.83 bits per heavy atom. The van der Waals surface area contributed by atoms with Crippen LogP contribution in [0.5, 0.6) is 0 Å². The first-order chi connectivity index (χ1) is 17.3. The zero-order valence-corrected chi connectivity index (χ0v) is 20.7. The standard InChI is InChI=1S/C25H29N9O2/c1-25(2,3)23-32-21(33-36-23)22(35)30-20-13-26-9-7-15-11-16(5-6-18(15)20)19-8-10-27-24(31-19)29-17-12-28-34(4)14-17/h5-6,8,10-12,14,20,26H,7,9,13H2,1-4H3,(H,30,35)(H,27,29,31)/t20-/m1/s1. The Labute approximate surface area is 208 Å². The summed E-state index contributed by atoms with van der Waals surface area (Å²) in [5.74, 6) is 0.604. The van der Waals surface area contributed by atoms with Gasteiger partial charge in [0.2, 0.25) is 11.8 Å². The fourth-order valence-electron chi connectivity index (χ4n) is 4.07. The molecular formula is C25H29N9O2. The Bertz CT molecular complexity index is 1390. The molecule has 36 heavy (non-hydrogen) atoms. The van der Waals surface area contributed by atoms with Crippen molar-refractivity contribution in [2.75, 3.05) is 18.4 Å². The predicted molar refractivity (Wildman–Crippen MR) is 134 cm³/mol. The molecular weight excluding hydrogens is 458 g/mol. The summed E-state index contributed by atoms with van der Waals surface area (Å²) in [6.07, 6.45) is 6.14. The molecule has 1 aliphatic rings. The number of fused-ring (bicyclic) bond motifs is 1. The average Bonchev–Trinajstić information content (AvgIpc) is 3.46. The Hall–Kier alpha value is -4.12. The van der Waals surface area contributed by atoms with Crippen LogP contribution in [-0.4, -0.2) is 48.9 Å². The summed E-state index contributed by atoms with van der Waals surface area (Å²) in [6.45, 7) is 7.29. The van der Waals surface area contributed by atoms with E-state index >= 15 is 0 Å². The van der Waals surface area contributed by atoms with Gasteiger partial charge in [-0.05, 0) is 36.2 Å². The summed E-state index contributed by atoms with van der Waals surface area (Å²) >= 11 is 0. The first-order valence-electron chi connectivity index (χ1n) is 11.8. The Kier molecular flexibility index (Phi) is 6.23. The zero-order valence-electron chi connectivity index (χ0n) is 20.7. The van der Waals surface area contributed by atoms with Crippen molar-refractivity contribution in [3.8, 4) is 11.3 Å². The van der Waals surface area contributed by atoms with Crippen LogP contribution in [0.4, 0.5) is 11.6 Å². The molecule has 4 aromatic rings. The van der Waals surface area contributed by atoms with E-state index in [1.807, 2.05) is 46.1 Å². The Balaban J connectivity index is 1.36. The van der Waals surface area contributed by atoms with E-state index in [0.29, 0.717) is 18.4 Å². The summed E-state index contributed by atoms with van der Waals surface area (Å²) in [4.78, 5) is 26.2. The van der Waals surface area contributed by atoms with Crippen molar-refractivity contribution < 1.29 is 9.32 Å². The fraction of sp³-hybridized carbons (Fsp3) is 0.360. The van der Waals surface area contributed by atoms with Crippen molar-refractivity contribution in [2.45, 2.75) is 38.6 Å². The number of amides is 1. The Morgan fingerprint density at radius 1 is 1.22 bits per heavy atom. The van der Waals surface area contributed by atoms with Crippen molar-refractivity contribution in [1.29, 1.82) is 0 Å². The van der Waals surface area contributed by atoms with Gasteiger partial charge in [-0.25, -0.2) is 9.97 Å². The highest BCUT2D eigenvalue weighted by molar-refractivity contribution is 5.90. The van der Waals surface area contributed by atoms with Gasteiger partial charge in [-0.3, -0.25) is 9.48 Å². The van der Waals surface area contributed by atoms with Gasteiger partial charge in [0.15, 0.2) is 0 Å². The van der Waals surface area contributed by atoms with E-state index in [-0.39, 0.29) is 23.2 Å². The van der Waals surface area contributed by atoms with E-state index < -0.39 is 0 Å². The third kappa shape index (κ3) is 5.10. The van der Waals surface area contributed by atoms with Crippen molar-refractivity contribution in [1.82, 2.24) is 40.5 Å². The van der Waals surface area contributed by atoms with Gasteiger partial charge in [0.1, 0.15) is 0 Å². The lowest BCUT2D eigenvalue weighted by Gasteiger charge is -2.19. The number of benzene rings is 1. The molecule has 1 atom stereocenters. The van der Waals surface area contributed by atoms with Gasteiger partial charge < -0.3 is 20.5 Å². The van der Waals surface area contributed by atoms with Crippen molar-refractivity contribution >= 4 is 17.5 Å². The van der Waals surface area contributed by atoms with Crippen molar-refractivity contribution in [2.24, 2.45) is 7.05 Å². The highest BCUT2D eigenvalue weighted by atomic mass is 16.5. The lowest BCUT2D eigenvalue weighted by atomic mass is 9.96. The smallest absolute Gasteiger partial charge is 0.293 e. The maximum Gasteiger partial charge on any atom is 0.293 e. The molecule has 5 rings (SSSR count). The van der Waals surface area contributed by atoms with E-state index in [1.54, 1.807) is 17.1 Å². The topological polar surface area (TPSA) is 136 Å². The van der Waals surface area contributed by atoms with Crippen LogP contribution in [0.1, 0.15) is 54.4 Å². The van der Waals surface area contributed by atoms with Gasteiger partial charge in [0, 0.05) is 37.0 Å². The molecule has 0 radical (unpaired) electrons. The summed E-state index contributed by atoms with van der Waals surface area (Å²) < 4.78 is 7.00. The second-order valence-corrected chi connectivity index (χ2v) is 9.86. The molecule has 4 heterocycles. The van der Waals surface area contributed by atoms with Crippen LogP contribution in [-0.2, 0) is 18.9 Å². The van der Waals surface area contributed by atoms with Crippen molar-refractivity contribution in [3.63, 3.8) is 0 Å². The first kappa shape index (κ1) is 23.6. The van der Waals surface area contributed by atoms with Crippen LogP contribution >= 0.6 is 0 Å². The number of hydrogen-bond donors (Lipinski definition) is 3. The van der Waals surface area contributed by atoms with Gasteiger partial charge in [0.05, 0.1) is 23.6 Å². The summed E-state index contributed by atoms with van der Waals surface area (Å²) in [5.41, 5.74) is 4.47. The number of aryl methyl sites for hydroxylation is 1. The normalized spacial score (nSPS) is 15.7. The van der Waals surface area contributed by atoms with Gasteiger partial charge in [0.25, 0.3) is 11.7 Å². The van der Waals surface area contributed by atoms with Gasteiger partial charge in [-0.2, -0.15) is 10.1 Å². The number of nitrogens with zero attached hydrogens (tertiary/aromatic N) is 6. The number of nitrogens with one attached hydrogen (secondary N) is 3. The molecule has 0 fully saturated rings. The number of aromatic nitrogens is 6. The third-order valence-corrected chi connectivity index (χ3v) is 5.93. The highest BCUT2D eigenvalue weighted by Crippen LogP contribution is 2.28. The minimum atomic E-state index is -0.361. The molecule has 3 N–H and O–H groups in total. The number of rotatable bonds is 5. The lowest BCUT2D eigenvalue weighted by molar-refractivity contribution is 0.0923. The number of hydrogen-bond acceptors (Lipinski definition) is 9. The molecule has 0 bridgehead atoms. The molecule has 11 nitrogen and oxygen atoms in total. The van der Waals surface area contributed by atoms with Crippen LogP contribution in [0.2, 0.25) is 0 Å². The molecule has 11 heteroatoms. The first-order valence-corrected chi connectivity index (χ1v) is 11.8. The lowest BCUT2D eigenvalue weighted by Crippen LogP contribution is -2.35. The number of anilines is 2. The second-order valence-electron chi connectivity index (χ2n) is 9.86. The average molecular weight is 488 g/mol. The predicted octanol–water partition coefficient (Wildman–Crippen LogP) is 2.92. The number of carbonyl (C=O) groups is 1. The summed E-state index contributed by atoms with van der Waals surface area (Å²) in [7, 11) is 1.86. The van der Waals surface area contributed by atoms with Crippen LogP contribution < -0.4 is 16.0 Å². The monoisotopic (exact) mass is 487 g/mol. The van der Waals surface area contributed by atoms with Gasteiger partial charge in [-0.1, -0.05) is 38.1 Å². The minimum Gasteiger partial charge on any atom is -0.341 e. The maximum atomic E-state index is 12.9. The highest BCUT2D eigenvalue weighted by Gasteiger charge is 2.27. The third-order valence-electron chi connectivity index (χ3n) is 5.93. The number of carbonyl (C=O) groups excluding carboxylic acids is 1. The van der Waals surface area contributed by atoms with E-state index in [9.17, 15) is 4.79 Å². The van der Waals surface area contributed by atoms with Crippen LogP contribution in [0.15, 0.2) is 47.4 Å². The fourth-order valence-corrected chi connectivity index (χ4v) is 4.07. The SMILES string of the molecule is Cn1cc(Nc2nccc(-c3ccc4c(c3)CCNC[C@H]4NC(=O)c3noc(C(C)(C)C)n3)n2)cn1. The van der Waals surface area contributed by atoms with Crippen molar-refractivity contribution in [3.05, 3.63) is 65.7 Å². The van der Waals surface area contributed by atoms with Gasteiger partial charge >= 0.3 is 0 Å². The Morgan fingerprint density at radius 2 is 2.08 bits per heavy atom. The van der Waals surface area contributed by atoms with E-state index in [4.69, 9.17) is 4.52 Å². The van der Waals surface area contributed by atoms with Crippen LogP contribution in [0, 0.1) is 0 Å². The summed E-state index contributed by atoms with van der Waals surface area (Å²) in [6, 6.07) is 7.85. The van der Waals surface area contributed by atoms with Gasteiger partial charge in [-0.15, -0.1) is 0 Å². The second kappa shape index (κ2) is 9.50. The zero-order chi connectivity index (χ0) is 25.3.